The zero-order valence-corrected chi connectivity index (χ0v) is 13.1. The van der Waals surface area contributed by atoms with E-state index >= 15 is 0 Å². The number of rotatable bonds is 6. The highest BCUT2D eigenvalue weighted by molar-refractivity contribution is 7.15. The van der Waals surface area contributed by atoms with E-state index < -0.39 is 11.1 Å². The summed E-state index contributed by atoms with van der Waals surface area (Å²) in [4.78, 5) is 5.59. The summed E-state index contributed by atoms with van der Waals surface area (Å²) in [6.45, 7) is 6.41. The number of hydrogen-bond acceptors (Lipinski definition) is 4. The lowest BCUT2D eigenvalue weighted by Crippen LogP contribution is -2.33. The van der Waals surface area contributed by atoms with Crippen molar-refractivity contribution in [2.45, 2.75) is 38.8 Å². The highest BCUT2D eigenvalue weighted by atomic mass is 32.1. The second-order valence-corrected chi connectivity index (χ2v) is 6.72. The van der Waals surface area contributed by atoms with Crippen molar-refractivity contribution < 1.29 is 13.2 Å². The molecular weight excluding hydrogens is 299 g/mol. The van der Waals surface area contributed by atoms with Gasteiger partial charge in [0.2, 0.25) is 0 Å². The topological polar surface area (TPSA) is 28.2 Å². The maximum absolute atomic E-state index is 12.4. The molecule has 1 aromatic heterocycles. The van der Waals surface area contributed by atoms with Crippen LogP contribution in [0, 0.1) is 5.92 Å². The third kappa shape index (κ3) is 5.47. The summed E-state index contributed by atoms with van der Waals surface area (Å²) in [5, 5.41) is 3.33. The van der Waals surface area contributed by atoms with Gasteiger partial charge in [-0.3, -0.25) is 0 Å². The number of nitrogens with zero attached hydrogens (tertiary/aromatic N) is 2. The zero-order chi connectivity index (χ0) is 15.3. The summed E-state index contributed by atoms with van der Waals surface area (Å²) in [7, 11) is 0. The molecule has 0 aliphatic carbocycles. The first-order valence-corrected chi connectivity index (χ1v) is 8.26. The smallest absolute Gasteiger partial charge is 0.362 e. The Morgan fingerprint density at radius 1 is 1.33 bits per heavy atom. The maximum Gasteiger partial charge on any atom is 0.427 e. The van der Waals surface area contributed by atoms with Crippen LogP contribution in [-0.4, -0.2) is 36.1 Å². The van der Waals surface area contributed by atoms with Gasteiger partial charge >= 0.3 is 6.18 Å². The van der Waals surface area contributed by atoms with E-state index in [0.29, 0.717) is 23.0 Å². The van der Waals surface area contributed by atoms with Gasteiger partial charge in [-0.25, -0.2) is 4.98 Å². The first-order valence-electron chi connectivity index (χ1n) is 7.44. The molecule has 1 N–H and O–H groups in total. The molecule has 1 fully saturated rings. The van der Waals surface area contributed by atoms with Gasteiger partial charge in [0.1, 0.15) is 4.88 Å². The molecule has 21 heavy (non-hydrogen) atoms. The minimum atomic E-state index is -4.29. The SMILES string of the molecule is CC1CCN(CCCCNc2ncc(C(F)(F)F)s2)CC1. The molecule has 0 unspecified atom stereocenters. The number of thiazole rings is 1. The average molecular weight is 321 g/mol. The molecule has 1 aromatic rings. The Bertz CT molecular complexity index is 425. The minimum Gasteiger partial charge on any atom is -0.362 e. The Kier molecular flexibility index (Phi) is 5.87. The lowest BCUT2D eigenvalue weighted by molar-refractivity contribution is -0.134. The van der Waals surface area contributed by atoms with Crippen LogP contribution < -0.4 is 5.32 Å². The minimum absolute atomic E-state index is 0.356. The molecule has 0 spiro atoms. The number of halogens is 3. The second-order valence-electron chi connectivity index (χ2n) is 5.69. The van der Waals surface area contributed by atoms with Crippen molar-refractivity contribution in [2.24, 2.45) is 5.92 Å². The fourth-order valence-electron chi connectivity index (χ4n) is 2.43. The highest BCUT2D eigenvalue weighted by Gasteiger charge is 2.33. The molecule has 0 amide bonds. The number of anilines is 1. The van der Waals surface area contributed by atoms with Crippen LogP contribution in [-0.2, 0) is 6.18 Å². The van der Waals surface area contributed by atoms with Gasteiger partial charge in [0, 0.05) is 6.54 Å². The molecule has 1 saturated heterocycles. The van der Waals surface area contributed by atoms with Crippen LogP contribution in [0.25, 0.3) is 0 Å². The molecule has 2 rings (SSSR count). The Labute approximate surface area is 127 Å². The second kappa shape index (κ2) is 7.45. The number of piperidine rings is 1. The molecule has 1 aliphatic heterocycles. The summed E-state index contributed by atoms with van der Waals surface area (Å²) < 4.78 is 37.2. The van der Waals surface area contributed by atoms with Crippen LogP contribution in [0.15, 0.2) is 6.20 Å². The van der Waals surface area contributed by atoms with Crippen LogP contribution in [0.1, 0.15) is 37.5 Å². The lowest BCUT2D eigenvalue weighted by atomic mass is 9.99. The molecule has 120 valence electrons. The summed E-state index contributed by atoms with van der Waals surface area (Å²) in [6, 6.07) is 0. The Hall–Kier alpha value is -0.820. The quantitative estimate of drug-likeness (QED) is 0.800. The van der Waals surface area contributed by atoms with Gasteiger partial charge in [0.25, 0.3) is 0 Å². The van der Waals surface area contributed by atoms with E-state index in [0.717, 1.165) is 31.5 Å². The van der Waals surface area contributed by atoms with E-state index in [4.69, 9.17) is 0 Å². The lowest BCUT2D eigenvalue weighted by Gasteiger charge is -2.30. The standard InChI is InChI=1S/C14H22F3N3S/c1-11-4-8-20(9-5-11)7-3-2-6-18-13-19-10-12(21-13)14(15,16)17/h10-11H,2-9H2,1H3,(H,18,19). The van der Waals surface area contributed by atoms with Gasteiger partial charge in [-0.15, -0.1) is 0 Å². The molecule has 0 bridgehead atoms. The van der Waals surface area contributed by atoms with Crippen molar-refractivity contribution >= 4 is 16.5 Å². The largest absolute Gasteiger partial charge is 0.427 e. The first kappa shape index (κ1) is 16.5. The summed E-state index contributed by atoms with van der Waals surface area (Å²) >= 11 is 0.669. The maximum atomic E-state index is 12.4. The fraction of sp³-hybridized carbons (Fsp3) is 0.786. The third-order valence-corrected chi connectivity index (χ3v) is 4.84. The van der Waals surface area contributed by atoms with Gasteiger partial charge < -0.3 is 10.2 Å². The average Bonchev–Trinajstić information content (AvgIpc) is 2.89. The first-order chi connectivity index (χ1) is 9.95. The van der Waals surface area contributed by atoms with Gasteiger partial charge in [0.05, 0.1) is 6.20 Å². The van der Waals surface area contributed by atoms with Crippen LogP contribution >= 0.6 is 11.3 Å². The monoisotopic (exact) mass is 321 g/mol. The van der Waals surface area contributed by atoms with Gasteiger partial charge in [-0.1, -0.05) is 18.3 Å². The Balaban J connectivity index is 1.58. The van der Waals surface area contributed by atoms with Gasteiger partial charge in [-0.2, -0.15) is 13.2 Å². The summed E-state index contributed by atoms with van der Waals surface area (Å²) in [5.74, 6) is 0.843. The molecule has 0 atom stereocenters. The van der Waals surface area contributed by atoms with E-state index in [2.05, 4.69) is 22.1 Å². The number of unbranched alkanes of at least 4 members (excludes halogenated alkanes) is 1. The molecular formula is C14H22F3N3S. The van der Waals surface area contributed by atoms with E-state index in [-0.39, 0.29) is 0 Å². The molecule has 7 heteroatoms. The highest BCUT2D eigenvalue weighted by Crippen LogP contribution is 2.34. The van der Waals surface area contributed by atoms with E-state index in [1.54, 1.807) is 0 Å². The third-order valence-electron chi connectivity index (χ3n) is 3.84. The molecule has 1 aliphatic rings. The van der Waals surface area contributed by atoms with Crippen LogP contribution in [0.3, 0.4) is 0 Å². The van der Waals surface area contributed by atoms with Crippen LogP contribution in [0.2, 0.25) is 0 Å². The van der Waals surface area contributed by atoms with Crippen molar-refractivity contribution in [2.75, 3.05) is 31.5 Å². The van der Waals surface area contributed by atoms with Crippen LogP contribution in [0.4, 0.5) is 18.3 Å². The molecule has 0 saturated carbocycles. The van der Waals surface area contributed by atoms with Crippen molar-refractivity contribution in [1.82, 2.24) is 9.88 Å². The molecule has 0 radical (unpaired) electrons. The fourth-order valence-corrected chi connectivity index (χ4v) is 3.14. The van der Waals surface area contributed by atoms with Crippen molar-refractivity contribution in [3.05, 3.63) is 11.1 Å². The molecule has 0 aromatic carbocycles. The molecule has 2 heterocycles. The summed E-state index contributed by atoms with van der Waals surface area (Å²) in [5.41, 5.74) is 0. The number of alkyl halides is 3. The van der Waals surface area contributed by atoms with E-state index in [1.807, 2.05) is 0 Å². The Morgan fingerprint density at radius 2 is 2.05 bits per heavy atom. The zero-order valence-electron chi connectivity index (χ0n) is 12.2. The Morgan fingerprint density at radius 3 is 2.67 bits per heavy atom. The number of aromatic nitrogens is 1. The summed E-state index contributed by atoms with van der Waals surface area (Å²) in [6.07, 6.45) is 1.17. The number of nitrogens with one attached hydrogen (secondary N) is 1. The number of hydrogen-bond donors (Lipinski definition) is 1. The van der Waals surface area contributed by atoms with Crippen molar-refractivity contribution in [3.8, 4) is 0 Å². The van der Waals surface area contributed by atoms with E-state index in [1.165, 1.54) is 25.9 Å². The predicted octanol–water partition coefficient (Wildman–Crippen LogP) is 4.09. The number of likely N-dealkylation sites (tertiary alicyclic amines) is 1. The van der Waals surface area contributed by atoms with Gasteiger partial charge in [0.15, 0.2) is 5.13 Å². The van der Waals surface area contributed by atoms with Crippen LogP contribution in [0.5, 0.6) is 0 Å². The van der Waals surface area contributed by atoms with Crippen molar-refractivity contribution in [3.63, 3.8) is 0 Å². The molecule has 3 nitrogen and oxygen atoms in total. The van der Waals surface area contributed by atoms with E-state index in [9.17, 15) is 13.2 Å². The van der Waals surface area contributed by atoms with Crippen molar-refractivity contribution in [1.29, 1.82) is 0 Å². The van der Waals surface area contributed by atoms with Gasteiger partial charge in [-0.05, 0) is 51.2 Å². The normalized spacial score (nSPS) is 18.1. The predicted molar refractivity (Wildman–Crippen MR) is 79.7 cm³/mol.